The number of amides is 1. The molecule has 0 aliphatic heterocycles. The van der Waals surface area contributed by atoms with Gasteiger partial charge in [0.15, 0.2) is 0 Å². The van der Waals surface area contributed by atoms with E-state index in [4.69, 9.17) is 4.42 Å². The van der Waals surface area contributed by atoms with Crippen LogP contribution in [0.25, 0.3) is 16.7 Å². The predicted molar refractivity (Wildman–Crippen MR) is 99.0 cm³/mol. The van der Waals surface area contributed by atoms with Gasteiger partial charge in [-0.1, -0.05) is 12.1 Å². The second-order valence-electron chi connectivity index (χ2n) is 6.24. The van der Waals surface area contributed by atoms with Crippen LogP contribution in [0, 0.1) is 12.7 Å². The molecule has 0 saturated heterocycles. The Balaban J connectivity index is 1.55. The molecule has 0 saturated carbocycles. The standard InChI is InChI=1S/C21H17FN2O2/c1-14-4-6-17-15(13-26-20(17)10-14)11-21(25)23-19-12-16(5-7-18(19)22)24-8-2-3-9-24/h2-10,12-13H,11H2,1H3,(H,23,25). The summed E-state index contributed by atoms with van der Waals surface area (Å²) in [5, 5.41) is 3.55. The van der Waals surface area contributed by atoms with Crippen molar-refractivity contribution >= 4 is 22.6 Å². The van der Waals surface area contributed by atoms with Gasteiger partial charge >= 0.3 is 0 Å². The van der Waals surface area contributed by atoms with Crippen LogP contribution in [0.4, 0.5) is 10.1 Å². The maximum atomic E-state index is 14.1. The molecule has 4 aromatic rings. The zero-order chi connectivity index (χ0) is 18.1. The highest BCUT2D eigenvalue weighted by molar-refractivity contribution is 5.95. The molecular formula is C21H17FN2O2. The topological polar surface area (TPSA) is 47.2 Å². The van der Waals surface area contributed by atoms with Crippen LogP contribution in [0.5, 0.6) is 0 Å². The number of nitrogens with one attached hydrogen (secondary N) is 1. The van der Waals surface area contributed by atoms with Crippen LogP contribution in [-0.4, -0.2) is 10.5 Å². The van der Waals surface area contributed by atoms with Crippen LogP contribution in [0.15, 0.2) is 71.6 Å². The maximum absolute atomic E-state index is 14.1. The van der Waals surface area contributed by atoms with Crippen molar-refractivity contribution in [2.24, 2.45) is 0 Å². The Morgan fingerprint density at radius 2 is 1.96 bits per heavy atom. The average Bonchev–Trinajstić information content (AvgIpc) is 3.27. The highest BCUT2D eigenvalue weighted by Crippen LogP contribution is 2.24. The van der Waals surface area contributed by atoms with Gasteiger partial charge in [0.05, 0.1) is 18.4 Å². The molecule has 5 heteroatoms. The Morgan fingerprint density at radius 1 is 1.15 bits per heavy atom. The summed E-state index contributed by atoms with van der Waals surface area (Å²) in [4.78, 5) is 12.4. The van der Waals surface area contributed by atoms with E-state index in [-0.39, 0.29) is 18.0 Å². The molecule has 1 N–H and O–H groups in total. The van der Waals surface area contributed by atoms with Crippen molar-refractivity contribution in [1.29, 1.82) is 0 Å². The maximum Gasteiger partial charge on any atom is 0.229 e. The number of furan rings is 1. The Hall–Kier alpha value is -3.34. The number of carbonyl (C=O) groups excluding carboxylic acids is 1. The minimum atomic E-state index is -0.470. The third-order valence-electron chi connectivity index (χ3n) is 4.29. The summed E-state index contributed by atoms with van der Waals surface area (Å²) in [5.74, 6) is -0.765. The fraction of sp³-hybridized carbons (Fsp3) is 0.0952. The van der Waals surface area contributed by atoms with E-state index in [1.54, 1.807) is 18.4 Å². The molecule has 130 valence electrons. The van der Waals surface area contributed by atoms with Crippen molar-refractivity contribution in [2.45, 2.75) is 13.3 Å². The lowest BCUT2D eigenvalue weighted by Crippen LogP contribution is -2.15. The van der Waals surface area contributed by atoms with Crippen molar-refractivity contribution in [3.05, 3.63) is 84.1 Å². The van der Waals surface area contributed by atoms with Crippen molar-refractivity contribution in [2.75, 3.05) is 5.32 Å². The fourth-order valence-corrected chi connectivity index (χ4v) is 2.97. The molecule has 0 fully saturated rings. The van der Waals surface area contributed by atoms with Gasteiger partial charge in [0, 0.05) is 29.0 Å². The summed E-state index contributed by atoms with van der Waals surface area (Å²) >= 11 is 0. The lowest BCUT2D eigenvalue weighted by molar-refractivity contribution is -0.115. The zero-order valence-corrected chi connectivity index (χ0v) is 14.2. The monoisotopic (exact) mass is 348 g/mol. The molecule has 2 heterocycles. The van der Waals surface area contributed by atoms with Gasteiger partial charge in [0.2, 0.25) is 5.91 Å². The molecule has 1 amide bonds. The lowest BCUT2D eigenvalue weighted by Gasteiger charge is -2.09. The number of nitrogens with zero attached hydrogens (tertiary/aromatic N) is 1. The molecule has 0 unspecified atom stereocenters. The average molecular weight is 348 g/mol. The van der Waals surface area contributed by atoms with E-state index >= 15 is 0 Å². The minimum Gasteiger partial charge on any atom is -0.464 e. The zero-order valence-electron chi connectivity index (χ0n) is 14.2. The molecular weight excluding hydrogens is 331 g/mol. The third kappa shape index (κ3) is 3.11. The number of halogens is 1. The Morgan fingerprint density at radius 3 is 2.77 bits per heavy atom. The van der Waals surface area contributed by atoms with Crippen LogP contribution >= 0.6 is 0 Å². The Bertz CT molecular complexity index is 1080. The first-order chi connectivity index (χ1) is 12.6. The molecule has 4 nitrogen and oxygen atoms in total. The van der Waals surface area contributed by atoms with Gasteiger partial charge < -0.3 is 14.3 Å². The first kappa shape index (κ1) is 16.1. The van der Waals surface area contributed by atoms with Gasteiger partial charge in [-0.3, -0.25) is 4.79 Å². The molecule has 0 aliphatic rings. The van der Waals surface area contributed by atoms with Crippen LogP contribution in [-0.2, 0) is 11.2 Å². The van der Waals surface area contributed by atoms with Crippen molar-refractivity contribution in [1.82, 2.24) is 4.57 Å². The van der Waals surface area contributed by atoms with E-state index < -0.39 is 5.82 Å². The first-order valence-electron chi connectivity index (χ1n) is 8.29. The summed E-state index contributed by atoms with van der Waals surface area (Å²) < 4.78 is 21.5. The fourth-order valence-electron chi connectivity index (χ4n) is 2.97. The third-order valence-corrected chi connectivity index (χ3v) is 4.29. The number of anilines is 1. The largest absolute Gasteiger partial charge is 0.464 e. The van der Waals surface area contributed by atoms with E-state index in [2.05, 4.69) is 5.32 Å². The van der Waals surface area contributed by atoms with Gasteiger partial charge in [0.25, 0.3) is 0 Å². The predicted octanol–water partition coefficient (Wildman–Crippen LogP) is 4.85. The Kier molecular flexibility index (Phi) is 4.05. The number of carbonyl (C=O) groups is 1. The second-order valence-corrected chi connectivity index (χ2v) is 6.24. The quantitative estimate of drug-likeness (QED) is 0.573. The molecule has 0 atom stereocenters. The van der Waals surface area contributed by atoms with Gasteiger partial charge in [0.1, 0.15) is 11.4 Å². The second kappa shape index (κ2) is 6.52. The number of aryl methyl sites for hydroxylation is 1. The van der Waals surface area contributed by atoms with E-state index in [0.717, 1.165) is 27.8 Å². The summed E-state index contributed by atoms with van der Waals surface area (Å²) in [6, 6.07) is 14.2. The van der Waals surface area contributed by atoms with Crippen LogP contribution < -0.4 is 5.32 Å². The molecule has 0 bridgehead atoms. The lowest BCUT2D eigenvalue weighted by atomic mass is 10.1. The van der Waals surface area contributed by atoms with Crippen molar-refractivity contribution < 1.29 is 13.6 Å². The number of hydrogen-bond donors (Lipinski definition) is 1. The number of hydrogen-bond acceptors (Lipinski definition) is 2. The molecule has 0 radical (unpaired) electrons. The van der Waals surface area contributed by atoms with Gasteiger partial charge in [-0.05, 0) is 48.9 Å². The summed E-state index contributed by atoms with van der Waals surface area (Å²) in [6.45, 7) is 1.98. The van der Waals surface area contributed by atoms with Gasteiger partial charge in [-0.15, -0.1) is 0 Å². The minimum absolute atomic E-state index is 0.114. The summed E-state index contributed by atoms with van der Waals surface area (Å²) in [7, 11) is 0. The molecule has 26 heavy (non-hydrogen) atoms. The SMILES string of the molecule is Cc1ccc2c(CC(=O)Nc3cc(-n4cccc4)ccc3F)coc2c1. The van der Waals surface area contributed by atoms with E-state index in [1.165, 1.54) is 6.07 Å². The van der Waals surface area contributed by atoms with Crippen LogP contribution in [0.3, 0.4) is 0 Å². The van der Waals surface area contributed by atoms with E-state index in [9.17, 15) is 9.18 Å². The molecule has 2 aromatic heterocycles. The van der Waals surface area contributed by atoms with E-state index in [1.807, 2.05) is 54.2 Å². The highest BCUT2D eigenvalue weighted by Gasteiger charge is 2.13. The number of fused-ring (bicyclic) bond motifs is 1. The number of benzene rings is 2. The molecule has 0 aliphatic carbocycles. The smallest absolute Gasteiger partial charge is 0.229 e. The van der Waals surface area contributed by atoms with Crippen molar-refractivity contribution in [3.63, 3.8) is 0 Å². The number of rotatable bonds is 4. The normalized spacial score (nSPS) is 11.0. The van der Waals surface area contributed by atoms with Crippen LogP contribution in [0.2, 0.25) is 0 Å². The summed E-state index contributed by atoms with van der Waals surface area (Å²) in [5.41, 5.74) is 3.54. The highest BCUT2D eigenvalue weighted by atomic mass is 19.1. The van der Waals surface area contributed by atoms with E-state index in [0.29, 0.717) is 0 Å². The van der Waals surface area contributed by atoms with Crippen LogP contribution in [0.1, 0.15) is 11.1 Å². The van der Waals surface area contributed by atoms with Gasteiger partial charge in [-0.25, -0.2) is 4.39 Å². The van der Waals surface area contributed by atoms with Gasteiger partial charge in [-0.2, -0.15) is 0 Å². The van der Waals surface area contributed by atoms with Crippen molar-refractivity contribution in [3.8, 4) is 5.69 Å². The molecule has 4 rings (SSSR count). The number of aromatic nitrogens is 1. The molecule has 2 aromatic carbocycles. The molecule has 0 spiro atoms. The first-order valence-corrected chi connectivity index (χ1v) is 8.29. The summed E-state index contributed by atoms with van der Waals surface area (Å²) in [6.07, 6.45) is 5.41. The Labute approximate surface area is 149 Å².